The molecule has 2 heterocycles. The summed E-state index contributed by atoms with van der Waals surface area (Å²) in [5, 5.41) is 14.7. The maximum absolute atomic E-state index is 12.4. The van der Waals surface area contributed by atoms with Crippen molar-refractivity contribution < 1.29 is 19.1 Å². The van der Waals surface area contributed by atoms with Crippen LogP contribution in [0.2, 0.25) is 0 Å². The molecular weight excluding hydrogens is 366 g/mol. The summed E-state index contributed by atoms with van der Waals surface area (Å²) < 4.78 is 5.44. The van der Waals surface area contributed by atoms with Gasteiger partial charge in [-0.15, -0.1) is 11.3 Å². The molecule has 2 aromatic rings. The third kappa shape index (κ3) is 4.44. The quantitative estimate of drug-likeness (QED) is 0.690. The zero-order valence-corrected chi connectivity index (χ0v) is 16.4. The second-order valence-corrected chi connectivity index (χ2v) is 7.91. The van der Waals surface area contributed by atoms with Crippen LogP contribution in [-0.4, -0.2) is 27.0 Å². The number of rotatable bonds is 7. The first-order valence-electron chi connectivity index (χ1n) is 8.99. The van der Waals surface area contributed by atoms with E-state index in [1.165, 1.54) is 16.9 Å². The number of carbonyl (C=O) groups excluding carboxylic acids is 1. The summed E-state index contributed by atoms with van der Waals surface area (Å²) in [6.45, 7) is 5.61. The monoisotopic (exact) mass is 389 g/mol. The third-order valence-electron chi connectivity index (χ3n) is 4.51. The Morgan fingerprint density at radius 2 is 2.15 bits per heavy atom. The minimum atomic E-state index is -1.13. The smallest absolute Gasteiger partial charge is 0.358 e. The lowest BCUT2D eigenvalue weighted by atomic mass is 10.0. The first-order valence-corrected chi connectivity index (χ1v) is 9.87. The van der Waals surface area contributed by atoms with E-state index in [1.54, 1.807) is 12.3 Å². The molecule has 3 rings (SSSR count). The van der Waals surface area contributed by atoms with Crippen LogP contribution in [0, 0.1) is 12.8 Å². The van der Waals surface area contributed by atoms with Crippen LogP contribution in [0.5, 0.6) is 0 Å². The standard InChI is InChI=1S/C19H23N3O4S/c1-10(2)15(21-14(23)8-12-6-4-5-7-12)18-20-13(9-27-18)17-22-16(19(24)25)11(3)26-17/h6,9-10,15H,4-5,7-8H2,1-3H3,(H,21,23)(H,24,25)/t15-/m0/s1. The summed E-state index contributed by atoms with van der Waals surface area (Å²) in [6.07, 6.45) is 5.76. The van der Waals surface area contributed by atoms with Crippen LogP contribution < -0.4 is 5.32 Å². The Hall–Kier alpha value is -2.48. The number of hydrogen-bond acceptors (Lipinski definition) is 6. The molecule has 1 atom stereocenters. The summed E-state index contributed by atoms with van der Waals surface area (Å²) >= 11 is 1.40. The Bertz CT molecular complexity index is 881. The number of aromatic carboxylic acids is 1. The number of carbonyl (C=O) groups is 2. The third-order valence-corrected chi connectivity index (χ3v) is 5.44. The molecule has 2 N–H and O–H groups in total. The Kier molecular flexibility index (Phi) is 5.74. The van der Waals surface area contributed by atoms with E-state index in [4.69, 9.17) is 9.52 Å². The van der Waals surface area contributed by atoms with E-state index in [1.807, 2.05) is 13.8 Å². The van der Waals surface area contributed by atoms with Gasteiger partial charge in [0.05, 0.1) is 6.04 Å². The van der Waals surface area contributed by atoms with Crippen molar-refractivity contribution >= 4 is 23.2 Å². The van der Waals surface area contributed by atoms with Gasteiger partial charge in [0.1, 0.15) is 16.5 Å². The zero-order chi connectivity index (χ0) is 19.6. The zero-order valence-electron chi connectivity index (χ0n) is 15.6. The highest BCUT2D eigenvalue weighted by atomic mass is 32.1. The predicted octanol–water partition coefficient (Wildman–Crippen LogP) is 4.12. The lowest BCUT2D eigenvalue weighted by Crippen LogP contribution is -2.31. The maximum Gasteiger partial charge on any atom is 0.358 e. The number of aromatic nitrogens is 2. The van der Waals surface area contributed by atoms with Gasteiger partial charge in [0, 0.05) is 11.8 Å². The van der Waals surface area contributed by atoms with E-state index >= 15 is 0 Å². The highest BCUT2D eigenvalue weighted by Crippen LogP contribution is 2.30. The Morgan fingerprint density at radius 1 is 1.37 bits per heavy atom. The number of oxazole rings is 1. The van der Waals surface area contributed by atoms with E-state index in [-0.39, 0.29) is 35.2 Å². The van der Waals surface area contributed by atoms with Crippen LogP contribution >= 0.6 is 11.3 Å². The van der Waals surface area contributed by atoms with Crippen LogP contribution in [0.15, 0.2) is 21.4 Å². The number of hydrogen-bond donors (Lipinski definition) is 2. The number of carboxylic acids is 1. The van der Waals surface area contributed by atoms with Crippen molar-refractivity contribution in [1.82, 2.24) is 15.3 Å². The predicted molar refractivity (Wildman–Crippen MR) is 102 cm³/mol. The summed E-state index contributed by atoms with van der Waals surface area (Å²) in [5.74, 6) is -0.556. The van der Waals surface area contributed by atoms with Crippen molar-refractivity contribution in [2.45, 2.75) is 52.5 Å². The van der Waals surface area contributed by atoms with E-state index in [9.17, 15) is 9.59 Å². The second-order valence-electron chi connectivity index (χ2n) is 7.02. The van der Waals surface area contributed by atoms with Gasteiger partial charge < -0.3 is 14.8 Å². The normalized spacial score (nSPS) is 15.0. The number of aryl methyl sites for hydroxylation is 1. The highest BCUT2D eigenvalue weighted by molar-refractivity contribution is 7.10. The maximum atomic E-state index is 12.4. The lowest BCUT2D eigenvalue weighted by molar-refractivity contribution is -0.121. The molecule has 0 aromatic carbocycles. The minimum absolute atomic E-state index is 0.00117. The first-order chi connectivity index (χ1) is 12.8. The molecule has 0 saturated carbocycles. The fraction of sp³-hybridized carbons (Fsp3) is 0.474. The molecular formula is C19H23N3O4S. The van der Waals surface area contributed by atoms with Gasteiger partial charge in [-0.3, -0.25) is 4.79 Å². The molecule has 8 heteroatoms. The van der Waals surface area contributed by atoms with Crippen LogP contribution in [-0.2, 0) is 4.79 Å². The van der Waals surface area contributed by atoms with E-state index in [2.05, 4.69) is 21.4 Å². The molecule has 0 spiro atoms. The van der Waals surface area contributed by atoms with Crippen LogP contribution in [0.1, 0.15) is 66.8 Å². The number of thiazole rings is 1. The molecule has 1 aliphatic rings. The lowest BCUT2D eigenvalue weighted by Gasteiger charge is -2.20. The van der Waals surface area contributed by atoms with Crippen molar-refractivity contribution in [3.8, 4) is 11.6 Å². The number of carboxylic acid groups (broad SMARTS) is 1. The van der Waals surface area contributed by atoms with Gasteiger partial charge in [-0.05, 0) is 32.1 Å². The van der Waals surface area contributed by atoms with Gasteiger partial charge in [0.2, 0.25) is 11.8 Å². The number of amides is 1. The molecule has 144 valence electrons. The fourth-order valence-corrected chi connectivity index (χ4v) is 4.09. The molecule has 0 bridgehead atoms. The Labute approximate surface area is 161 Å². The molecule has 1 amide bonds. The SMILES string of the molecule is Cc1oc(-c2csc([C@@H](NC(=O)CC3=CCCC3)C(C)C)n2)nc1C(=O)O. The molecule has 0 aliphatic heterocycles. The fourth-order valence-electron chi connectivity index (χ4n) is 3.08. The van der Waals surface area contributed by atoms with Gasteiger partial charge in [0.15, 0.2) is 5.69 Å². The van der Waals surface area contributed by atoms with Gasteiger partial charge >= 0.3 is 5.97 Å². The van der Waals surface area contributed by atoms with Crippen molar-refractivity contribution in [2.24, 2.45) is 5.92 Å². The summed E-state index contributed by atoms with van der Waals surface area (Å²) in [5.41, 5.74) is 1.56. The molecule has 0 unspecified atom stereocenters. The van der Waals surface area contributed by atoms with Gasteiger partial charge in [0.25, 0.3) is 0 Å². The first kappa shape index (κ1) is 19.3. The van der Waals surface area contributed by atoms with Gasteiger partial charge in [-0.2, -0.15) is 0 Å². The van der Waals surface area contributed by atoms with Crippen LogP contribution in [0.3, 0.4) is 0 Å². The summed E-state index contributed by atoms with van der Waals surface area (Å²) in [7, 11) is 0. The molecule has 2 aromatic heterocycles. The van der Waals surface area contributed by atoms with Crippen molar-refractivity contribution in [3.63, 3.8) is 0 Å². The van der Waals surface area contributed by atoms with Crippen LogP contribution in [0.25, 0.3) is 11.6 Å². The van der Waals surface area contributed by atoms with Crippen molar-refractivity contribution in [3.05, 3.63) is 33.5 Å². The molecule has 27 heavy (non-hydrogen) atoms. The molecule has 0 fully saturated rings. The number of allylic oxidation sites excluding steroid dienone is 1. The van der Waals surface area contributed by atoms with Gasteiger partial charge in [-0.25, -0.2) is 14.8 Å². The average molecular weight is 389 g/mol. The molecule has 7 nitrogen and oxygen atoms in total. The number of nitrogens with one attached hydrogen (secondary N) is 1. The van der Waals surface area contributed by atoms with E-state index < -0.39 is 5.97 Å². The van der Waals surface area contributed by atoms with E-state index in [0.29, 0.717) is 12.1 Å². The molecule has 0 radical (unpaired) electrons. The molecule has 1 aliphatic carbocycles. The highest BCUT2D eigenvalue weighted by Gasteiger charge is 2.24. The second kappa shape index (κ2) is 8.04. The van der Waals surface area contributed by atoms with Crippen molar-refractivity contribution in [1.29, 1.82) is 0 Å². The summed E-state index contributed by atoms with van der Waals surface area (Å²) in [6, 6.07) is -0.215. The Balaban J connectivity index is 1.76. The van der Waals surface area contributed by atoms with Gasteiger partial charge in [-0.1, -0.05) is 25.5 Å². The van der Waals surface area contributed by atoms with Crippen molar-refractivity contribution in [2.75, 3.05) is 0 Å². The average Bonchev–Trinajstić information content (AvgIpc) is 3.32. The topological polar surface area (TPSA) is 105 Å². The largest absolute Gasteiger partial charge is 0.476 e. The Morgan fingerprint density at radius 3 is 2.74 bits per heavy atom. The van der Waals surface area contributed by atoms with Crippen LogP contribution in [0.4, 0.5) is 0 Å². The molecule has 0 saturated heterocycles. The van der Waals surface area contributed by atoms with E-state index in [0.717, 1.165) is 24.3 Å². The summed E-state index contributed by atoms with van der Waals surface area (Å²) in [4.78, 5) is 32.1. The number of nitrogens with zero attached hydrogens (tertiary/aromatic N) is 2. The minimum Gasteiger partial charge on any atom is -0.476 e.